The Morgan fingerprint density at radius 3 is 1.79 bits per heavy atom. The van der Waals surface area contributed by atoms with E-state index in [2.05, 4.69) is 57.2 Å². The van der Waals surface area contributed by atoms with Crippen molar-refractivity contribution in [2.24, 2.45) is 0 Å². The molecule has 0 aromatic heterocycles. The largest absolute Gasteiger partial charge is 0.438 e. The molecule has 2 aliphatic carbocycles. The van der Waals surface area contributed by atoms with Gasteiger partial charge in [0.15, 0.2) is 0 Å². The molecule has 0 radical (unpaired) electrons. The predicted molar refractivity (Wildman–Crippen MR) is 98.2 cm³/mol. The monoisotopic (exact) mass is 338 g/mol. The van der Waals surface area contributed by atoms with Gasteiger partial charge in [0.25, 0.3) is 8.38 Å². The van der Waals surface area contributed by atoms with E-state index in [0.29, 0.717) is 0 Å². The van der Waals surface area contributed by atoms with Crippen molar-refractivity contribution in [2.45, 2.75) is 57.0 Å². The average Bonchev–Trinajstić information content (AvgIpc) is 3.09. The summed E-state index contributed by atoms with van der Waals surface area (Å²) in [4.78, 5) is 0. The lowest BCUT2D eigenvalue weighted by Gasteiger charge is -2.37. The molecule has 24 heavy (non-hydrogen) atoms. The highest BCUT2D eigenvalue weighted by atomic mass is 31.2. The molecule has 1 spiro atoms. The highest BCUT2D eigenvalue weighted by Gasteiger charge is 2.50. The zero-order chi connectivity index (χ0) is 16.5. The Kier molecular flexibility index (Phi) is 2.93. The molecule has 3 aliphatic rings. The first-order valence-electron chi connectivity index (χ1n) is 8.90. The second-order valence-corrected chi connectivity index (χ2v) is 10.5. The molecule has 0 atom stereocenters. The maximum absolute atomic E-state index is 6.54. The molecule has 1 aliphatic heterocycles. The summed E-state index contributed by atoms with van der Waals surface area (Å²) < 4.78 is 13.1. The molecule has 0 fully saturated rings. The van der Waals surface area contributed by atoms with E-state index >= 15 is 0 Å². The van der Waals surface area contributed by atoms with Gasteiger partial charge in [0.2, 0.25) is 0 Å². The maximum Gasteiger partial charge on any atom is 0.296 e. The zero-order valence-electron chi connectivity index (χ0n) is 14.6. The van der Waals surface area contributed by atoms with E-state index in [4.69, 9.17) is 9.05 Å². The summed E-state index contributed by atoms with van der Waals surface area (Å²) in [5.41, 5.74) is 5.96. The number of hydrogen-bond acceptors (Lipinski definition) is 2. The number of benzene rings is 2. The van der Waals surface area contributed by atoms with E-state index in [1.165, 1.54) is 35.1 Å². The van der Waals surface area contributed by atoms with Crippen molar-refractivity contribution in [1.82, 2.24) is 0 Å². The first kappa shape index (κ1) is 14.8. The molecule has 0 saturated carbocycles. The van der Waals surface area contributed by atoms with Gasteiger partial charge in [-0.15, -0.1) is 0 Å². The van der Waals surface area contributed by atoms with Crippen LogP contribution >= 0.6 is 8.38 Å². The van der Waals surface area contributed by atoms with Gasteiger partial charge in [-0.25, -0.2) is 0 Å². The molecule has 0 N–H and O–H groups in total. The lowest BCUT2D eigenvalue weighted by atomic mass is 9.76. The quantitative estimate of drug-likeness (QED) is 0.570. The molecule has 5 rings (SSSR count). The van der Waals surface area contributed by atoms with Gasteiger partial charge < -0.3 is 9.05 Å². The maximum atomic E-state index is 6.54. The van der Waals surface area contributed by atoms with Gasteiger partial charge in [-0.1, -0.05) is 24.3 Å². The van der Waals surface area contributed by atoms with E-state index < -0.39 is 8.38 Å². The molecular formula is C21H23O2P. The first-order valence-corrected chi connectivity index (χ1v) is 10.1. The molecular weight excluding hydrogens is 315 g/mol. The Hall–Kier alpha value is -1.53. The number of aryl methyl sites for hydroxylation is 2. The van der Waals surface area contributed by atoms with Crippen molar-refractivity contribution >= 4 is 8.38 Å². The highest BCUT2D eigenvalue weighted by Crippen LogP contribution is 2.63. The summed E-state index contributed by atoms with van der Waals surface area (Å²) in [6, 6.07) is 13.2. The molecule has 0 amide bonds. The van der Waals surface area contributed by atoms with Gasteiger partial charge in [0, 0.05) is 16.5 Å². The van der Waals surface area contributed by atoms with Gasteiger partial charge in [-0.3, -0.25) is 0 Å². The summed E-state index contributed by atoms with van der Waals surface area (Å²) in [5.74, 6) is 2.13. The third-order valence-electron chi connectivity index (χ3n) is 5.73. The van der Waals surface area contributed by atoms with E-state index in [0.717, 1.165) is 24.3 Å². The van der Waals surface area contributed by atoms with Crippen molar-refractivity contribution in [2.75, 3.05) is 0 Å². The van der Waals surface area contributed by atoms with Crippen LogP contribution in [-0.2, 0) is 18.3 Å². The second-order valence-electron chi connectivity index (χ2n) is 8.27. The fourth-order valence-electron chi connectivity index (χ4n) is 4.73. The van der Waals surface area contributed by atoms with Crippen molar-refractivity contribution in [3.8, 4) is 11.5 Å². The molecule has 0 bridgehead atoms. The smallest absolute Gasteiger partial charge is 0.296 e. The minimum atomic E-state index is -1.04. The minimum Gasteiger partial charge on any atom is -0.438 e. The van der Waals surface area contributed by atoms with Crippen molar-refractivity contribution in [3.63, 3.8) is 0 Å². The summed E-state index contributed by atoms with van der Waals surface area (Å²) >= 11 is 0. The van der Waals surface area contributed by atoms with Gasteiger partial charge >= 0.3 is 0 Å². The lowest BCUT2D eigenvalue weighted by Crippen LogP contribution is -2.27. The van der Waals surface area contributed by atoms with Crippen molar-refractivity contribution in [3.05, 3.63) is 58.7 Å². The van der Waals surface area contributed by atoms with Crippen molar-refractivity contribution in [1.29, 1.82) is 0 Å². The standard InChI is InChI=1S/C21H23O2P/c1-20(2,3)24-22-16-8-4-6-14-10-12-21(18(14)16)13-11-15-7-5-9-17(23-24)19(15)21/h4-9H,10-13H2,1-3H3. The van der Waals surface area contributed by atoms with Crippen LogP contribution in [0.25, 0.3) is 0 Å². The van der Waals surface area contributed by atoms with Crippen LogP contribution in [0.4, 0.5) is 0 Å². The fraction of sp³-hybridized carbons (Fsp3) is 0.429. The highest BCUT2D eigenvalue weighted by molar-refractivity contribution is 7.49. The second kappa shape index (κ2) is 4.76. The van der Waals surface area contributed by atoms with E-state index in [9.17, 15) is 0 Å². The molecule has 0 unspecified atom stereocenters. The van der Waals surface area contributed by atoms with Gasteiger partial charge in [0.1, 0.15) is 11.5 Å². The predicted octanol–water partition coefficient (Wildman–Crippen LogP) is 5.75. The summed E-state index contributed by atoms with van der Waals surface area (Å²) in [7, 11) is -1.04. The normalized spacial score (nSPS) is 20.5. The minimum absolute atomic E-state index is 0.0298. The van der Waals surface area contributed by atoms with Crippen LogP contribution < -0.4 is 9.05 Å². The Morgan fingerprint density at radius 1 is 0.833 bits per heavy atom. The summed E-state index contributed by atoms with van der Waals surface area (Å²) in [6.45, 7) is 6.62. The van der Waals surface area contributed by atoms with Crippen LogP contribution in [-0.4, -0.2) is 5.16 Å². The van der Waals surface area contributed by atoms with Crippen LogP contribution in [0.5, 0.6) is 11.5 Å². The Labute approximate surface area is 145 Å². The van der Waals surface area contributed by atoms with E-state index in [-0.39, 0.29) is 10.6 Å². The third kappa shape index (κ3) is 1.87. The van der Waals surface area contributed by atoms with Crippen molar-refractivity contribution < 1.29 is 9.05 Å². The summed E-state index contributed by atoms with van der Waals surface area (Å²) in [5, 5.41) is -0.0298. The Bertz CT molecular complexity index is 771. The van der Waals surface area contributed by atoms with Crippen LogP contribution in [0, 0.1) is 0 Å². The molecule has 2 nitrogen and oxygen atoms in total. The van der Waals surface area contributed by atoms with Crippen LogP contribution in [0.15, 0.2) is 36.4 Å². The number of hydrogen-bond donors (Lipinski definition) is 0. The molecule has 3 heteroatoms. The third-order valence-corrected chi connectivity index (χ3v) is 7.56. The molecule has 0 saturated heterocycles. The van der Waals surface area contributed by atoms with E-state index in [1.54, 1.807) is 0 Å². The van der Waals surface area contributed by atoms with Crippen LogP contribution in [0.1, 0.15) is 55.9 Å². The van der Waals surface area contributed by atoms with Crippen LogP contribution in [0.3, 0.4) is 0 Å². The molecule has 1 heterocycles. The Balaban J connectivity index is 1.82. The molecule has 2 aromatic carbocycles. The molecule has 2 aromatic rings. The average molecular weight is 338 g/mol. The van der Waals surface area contributed by atoms with Gasteiger partial charge in [0.05, 0.1) is 5.16 Å². The zero-order valence-corrected chi connectivity index (χ0v) is 15.5. The van der Waals surface area contributed by atoms with Gasteiger partial charge in [-0.2, -0.15) is 0 Å². The topological polar surface area (TPSA) is 18.5 Å². The fourth-order valence-corrected chi connectivity index (χ4v) is 5.97. The number of rotatable bonds is 0. The Morgan fingerprint density at radius 2 is 1.33 bits per heavy atom. The first-order chi connectivity index (χ1) is 11.5. The summed E-state index contributed by atoms with van der Waals surface area (Å²) in [6.07, 6.45) is 4.66. The SMILES string of the molecule is CC(C)(C)P1Oc2cccc3c2C2(CC3)CCc3cccc(c32)O1. The molecule has 124 valence electrons. The van der Waals surface area contributed by atoms with E-state index in [1.807, 2.05) is 0 Å². The lowest BCUT2D eigenvalue weighted by molar-refractivity contribution is 0.409. The van der Waals surface area contributed by atoms with Crippen LogP contribution in [0.2, 0.25) is 0 Å². The van der Waals surface area contributed by atoms with Gasteiger partial charge in [-0.05, 0) is 69.7 Å².